The number of H-pyrrole nitrogens is 1. The van der Waals surface area contributed by atoms with Gasteiger partial charge in [0.05, 0.1) is 0 Å². The summed E-state index contributed by atoms with van der Waals surface area (Å²) in [6.07, 6.45) is 2.29. The first kappa shape index (κ1) is 14.1. The van der Waals surface area contributed by atoms with Crippen molar-refractivity contribution in [2.45, 2.75) is 45.6 Å². The van der Waals surface area contributed by atoms with Gasteiger partial charge in [0.25, 0.3) is 5.56 Å². The highest BCUT2D eigenvalue weighted by Gasteiger charge is 2.26. The van der Waals surface area contributed by atoms with Gasteiger partial charge in [0, 0.05) is 37.7 Å². The van der Waals surface area contributed by atoms with Crippen LogP contribution in [0.1, 0.15) is 45.4 Å². The molecular weight excluding hydrogens is 240 g/mol. The zero-order valence-corrected chi connectivity index (χ0v) is 12.1. The Hall–Kier alpha value is -1.36. The van der Waals surface area contributed by atoms with E-state index in [1.807, 2.05) is 0 Å². The number of anilines is 1. The number of nitrogens with one attached hydrogen (secondary N) is 2. The molecule has 2 N–H and O–H groups in total. The average Bonchev–Trinajstić information content (AvgIpc) is 3.17. The summed E-state index contributed by atoms with van der Waals surface area (Å²) in [6.45, 7) is 8.99. The molecule has 106 valence electrons. The van der Waals surface area contributed by atoms with E-state index in [9.17, 15) is 4.79 Å². The number of aromatic nitrogens is 2. The van der Waals surface area contributed by atoms with Gasteiger partial charge in [-0.1, -0.05) is 13.8 Å². The van der Waals surface area contributed by atoms with E-state index in [0.717, 1.165) is 44.1 Å². The van der Waals surface area contributed by atoms with Crippen molar-refractivity contribution in [1.82, 2.24) is 15.3 Å². The van der Waals surface area contributed by atoms with Crippen LogP contribution in [0.3, 0.4) is 0 Å². The Labute approximate surface area is 114 Å². The predicted octanol–water partition coefficient (Wildman–Crippen LogP) is 1.47. The smallest absolute Gasteiger partial charge is 0.252 e. The maximum absolute atomic E-state index is 11.7. The van der Waals surface area contributed by atoms with Crippen molar-refractivity contribution < 1.29 is 0 Å². The van der Waals surface area contributed by atoms with E-state index < -0.39 is 0 Å². The van der Waals surface area contributed by atoms with Gasteiger partial charge in [-0.3, -0.25) is 4.79 Å². The molecule has 1 aromatic rings. The normalized spacial score (nSPS) is 14.9. The summed E-state index contributed by atoms with van der Waals surface area (Å²) in [7, 11) is 0. The van der Waals surface area contributed by atoms with Gasteiger partial charge in [-0.15, -0.1) is 0 Å². The van der Waals surface area contributed by atoms with Gasteiger partial charge in [0.15, 0.2) is 0 Å². The summed E-state index contributed by atoms with van der Waals surface area (Å²) in [5, 5.41) is 3.39. The maximum Gasteiger partial charge on any atom is 0.252 e. The summed E-state index contributed by atoms with van der Waals surface area (Å²) in [5.41, 5.74) is -0.0397. The lowest BCUT2D eigenvalue weighted by molar-refractivity contribution is 0.581. The molecule has 0 amide bonds. The number of rotatable bonds is 7. The Kier molecular flexibility index (Phi) is 4.58. The molecule has 1 fully saturated rings. The van der Waals surface area contributed by atoms with E-state index in [-0.39, 0.29) is 5.56 Å². The number of hydrogen-bond donors (Lipinski definition) is 2. The van der Waals surface area contributed by atoms with Gasteiger partial charge in [-0.25, -0.2) is 4.98 Å². The highest BCUT2D eigenvalue weighted by atomic mass is 16.1. The van der Waals surface area contributed by atoms with Crippen LogP contribution < -0.4 is 15.8 Å². The van der Waals surface area contributed by atoms with E-state index in [1.165, 1.54) is 0 Å². The molecule has 0 bridgehead atoms. The van der Waals surface area contributed by atoms with Gasteiger partial charge in [0.2, 0.25) is 0 Å². The minimum absolute atomic E-state index is 0.0397. The Morgan fingerprint density at radius 3 is 2.84 bits per heavy atom. The highest BCUT2D eigenvalue weighted by Crippen LogP contribution is 2.37. The van der Waals surface area contributed by atoms with Gasteiger partial charge < -0.3 is 15.2 Å². The number of likely N-dealkylation sites (N-methyl/N-ethyl adjacent to an activating group) is 1. The molecule has 1 aliphatic carbocycles. The van der Waals surface area contributed by atoms with Crippen LogP contribution in [0.5, 0.6) is 0 Å². The van der Waals surface area contributed by atoms with E-state index in [4.69, 9.17) is 0 Å². The first-order valence-electron chi connectivity index (χ1n) is 7.19. The maximum atomic E-state index is 11.7. The van der Waals surface area contributed by atoms with Crippen molar-refractivity contribution in [1.29, 1.82) is 0 Å². The minimum atomic E-state index is -0.0397. The third kappa shape index (κ3) is 4.06. The Bertz CT molecular complexity index is 465. The Balaban J connectivity index is 2.06. The fraction of sp³-hybridized carbons (Fsp3) is 0.714. The summed E-state index contributed by atoms with van der Waals surface area (Å²) < 4.78 is 0. The van der Waals surface area contributed by atoms with E-state index >= 15 is 0 Å². The average molecular weight is 264 g/mol. The van der Waals surface area contributed by atoms with Crippen LogP contribution in [0, 0.1) is 0 Å². The van der Waals surface area contributed by atoms with E-state index in [2.05, 4.69) is 41.0 Å². The minimum Gasteiger partial charge on any atom is -0.355 e. The molecule has 0 radical (unpaired) electrons. The Morgan fingerprint density at radius 1 is 1.53 bits per heavy atom. The summed E-state index contributed by atoms with van der Waals surface area (Å²) in [6, 6.07) is 2.08. The molecular formula is C14H24N4O. The summed E-state index contributed by atoms with van der Waals surface area (Å²) >= 11 is 0. The van der Waals surface area contributed by atoms with Crippen molar-refractivity contribution in [2.24, 2.45) is 0 Å². The zero-order chi connectivity index (χ0) is 13.8. The van der Waals surface area contributed by atoms with Crippen molar-refractivity contribution in [3.05, 3.63) is 22.2 Å². The van der Waals surface area contributed by atoms with Crippen molar-refractivity contribution in [3.8, 4) is 0 Å². The molecule has 1 aromatic heterocycles. The monoisotopic (exact) mass is 264 g/mol. The second kappa shape index (κ2) is 6.19. The lowest BCUT2D eigenvalue weighted by Crippen LogP contribution is -2.36. The van der Waals surface area contributed by atoms with Crippen molar-refractivity contribution in [3.63, 3.8) is 0 Å². The van der Waals surface area contributed by atoms with Gasteiger partial charge in [-0.2, -0.15) is 0 Å². The lowest BCUT2D eigenvalue weighted by Gasteiger charge is -2.23. The molecule has 2 rings (SSSR count). The summed E-state index contributed by atoms with van der Waals surface area (Å²) in [5.74, 6) is 2.14. The largest absolute Gasteiger partial charge is 0.355 e. The first-order chi connectivity index (χ1) is 9.10. The SMILES string of the molecule is CCN(CCNC(C)C)c1cc(=O)[nH]c(C2CC2)n1. The third-order valence-corrected chi connectivity index (χ3v) is 3.35. The standard InChI is InChI=1S/C14H24N4O/c1-4-18(8-7-15-10(2)3)12-9-13(19)17-14(16-12)11-5-6-11/h9-11,15H,4-8H2,1-3H3,(H,16,17,19). The number of aromatic amines is 1. The fourth-order valence-corrected chi connectivity index (χ4v) is 2.10. The molecule has 1 aliphatic rings. The molecule has 0 aliphatic heterocycles. The quantitative estimate of drug-likeness (QED) is 0.783. The molecule has 1 saturated carbocycles. The lowest BCUT2D eigenvalue weighted by atomic mass is 10.3. The van der Waals surface area contributed by atoms with E-state index in [1.54, 1.807) is 6.07 Å². The number of nitrogens with zero attached hydrogens (tertiary/aromatic N) is 2. The molecule has 0 saturated heterocycles. The molecule has 0 aromatic carbocycles. The molecule has 0 spiro atoms. The molecule has 0 atom stereocenters. The van der Waals surface area contributed by atoms with Gasteiger partial charge in [-0.05, 0) is 19.8 Å². The van der Waals surface area contributed by atoms with E-state index in [0.29, 0.717) is 12.0 Å². The second-order valence-corrected chi connectivity index (χ2v) is 5.45. The topological polar surface area (TPSA) is 61.0 Å². The van der Waals surface area contributed by atoms with Crippen LogP contribution in [0.15, 0.2) is 10.9 Å². The third-order valence-electron chi connectivity index (χ3n) is 3.35. The fourth-order valence-electron chi connectivity index (χ4n) is 2.10. The molecule has 19 heavy (non-hydrogen) atoms. The van der Waals surface area contributed by atoms with Gasteiger partial charge in [0.1, 0.15) is 11.6 Å². The summed E-state index contributed by atoms with van der Waals surface area (Å²) in [4.78, 5) is 21.3. The predicted molar refractivity (Wildman–Crippen MR) is 77.9 cm³/mol. The molecule has 0 unspecified atom stereocenters. The first-order valence-corrected chi connectivity index (χ1v) is 7.19. The Morgan fingerprint density at radius 2 is 2.26 bits per heavy atom. The van der Waals surface area contributed by atoms with Crippen LogP contribution >= 0.6 is 0 Å². The van der Waals surface area contributed by atoms with Crippen LogP contribution in [0.4, 0.5) is 5.82 Å². The van der Waals surface area contributed by atoms with Crippen LogP contribution in [-0.4, -0.2) is 35.6 Å². The highest BCUT2D eigenvalue weighted by molar-refractivity contribution is 5.38. The second-order valence-electron chi connectivity index (χ2n) is 5.45. The molecule has 5 heteroatoms. The van der Waals surface area contributed by atoms with Crippen molar-refractivity contribution >= 4 is 5.82 Å². The van der Waals surface area contributed by atoms with Crippen LogP contribution in [0.2, 0.25) is 0 Å². The number of hydrogen-bond acceptors (Lipinski definition) is 4. The zero-order valence-electron chi connectivity index (χ0n) is 12.1. The van der Waals surface area contributed by atoms with Crippen molar-refractivity contribution in [2.75, 3.05) is 24.5 Å². The molecule has 5 nitrogen and oxygen atoms in total. The van der Waals surface area contributed by atoms with Crippen LogP contribution in [0.25, 0.3) is 0 Å². The van der Waals surface area contributed by atoms with Crippen LogP contribution in [-0.2, 0) is 0 Å². The molecule has 1 heterocycles. The van der Waals surface area contributed by atoms with Gasteiger partial charge >= 0.3 is 0 Å².